The fourth-order valence-corrected chi connectivity index (χ4v) is 2.98. The molecule has 26 heavy (non-hydrogen) atoms. The number of rotatable bonds is 7. The number of carbonyl (C=O) groups excluding carboxylic acids is 2. The Morgan fingerprint density at radius 2 is 1.88 bits per heavy atom. The summed E-state index contributed by atoms with van der Waals surface area (Å²) in [7, 11) is 0. The van der Waals surface area contributed by atoms with E-state index in [0.717, 1.165) is 24.0 Å². The number of imide groups is 1. The normalized spacial score (nSPS) is 16.4. The maximum atomic E-state index is 12.9. The van der Waals surface area contributed by atoms with Crippen molar-refractivity contribution in [2.75, 3.05) is 13.2 Å². The Labute approximate surface area is 153 Å². The average Bonchev–Trinajstić information content (AvgIpc) is 3.05. The Bertz CT molecular complexity index is 760. The zero-order valence-corrected chi connectivity index (χ0v) is 14.9. The molecule has 0 aliphatic carbocycles. The molecule has 1 aliphatic heterocycles. The molecule has 0 saturated carbocycles. The van der Waals surface area contributed by atoms with Crippen LogP contribution in [0.1, 0.15) is 36.9 Å². The molecule has 2 aromatic rings. The van der Waals surface area contributed by atoms with Crippen LogP contribution < -0.4 is 4.74 Å². The highest BCUT2D eigenvalue weighted by Gasteiger charge is 2.38. The molecule has 5 nitrogen and oxygen atoms in total. The first-order valence-electron chi connectivity index (χ1n) is 8.95. The molecule has 2 aromatic carbocycles. The standard InChI is InChI=1S/C21H23NO4/c1-2-3-13-25-19-12-8-7-11-17(19)14-20(23)22-18(15-26-21(22)24)16-9-5-4-6-10-16/h4-12,18H,2-3,13-15H2,1H3/t18-/m0/s1. The van der Waals surface area contributed by atoms with Crippen LogP contribution in [0, 0.1) is 0 Å². The lowest BCUT2D eigenvalue weighted by molar-refractivity contribution is -0.128. The molecule has 1 saturated heterocycles. The molecule has 1 aliphatic rings. The summed E-state index contributed by atoms with van der Waals surface area (Å²) in [6.45, 7) is 2.89. The summed E-state index contributed by atoms with van der Waals surface area (Å²) in [4.78, 5) is 26.2. The predicted molar refractivity (Wildman–Crippen MR) is 97.9 cm³/mol. The SMILES string of the molecule is CCCCOc1ccccc1CC(=O)N1C(=O)OC[C@H]1c1ccccc1. The van der Waals surface area contributed by atoms with Crippen LogP contribution >= 0.6 is 0 Å². The largest absolute Gasteiger partial charge is 0.493 e. The van der Waals surface area contributed by atoms with Gasteiger partial charge in [0.05, 0.1) is 13.0 Å². The molecule has 0 spiro atoms. The second-order valence-electron chi connectivity index (χ2n) is 6.25. The van der Waals surface area contributed by atoms with Gasteiger partial charge in [-0.15, -0.1) is 0 Å². The van der Waals surface area contributed by atoms with Crippen molar-refractivity contribution < 1.29 is 19.1 Å². The van der Waals surface area contributed by atoms with Crippen molar-refractivity contribution in [3.63, 3.8) is 0 Å². The van der Waals surface area contributed by atoms with Crippen molar-refractivity contribution in [1.82, 2.24) is 4.90 Å². The predicted octanol–water partition coefficient (Wildman–Crippen LogP) is 4.13. The van der Waals surface area contributed by atoms with Crippen LogP contribution in [0.3, 0.4) is 0 Å². The van der Waals surface area contributed by atoms with E-state index < -0.39 is 6.09 Å². The number of nitrogens with zero attached hydrogens (tertiary/aromatic N) is 1. The minimum Gasteiger partial charge on any atom is -0.493 e. The van der Waals surface area contributed by atoms with Crippen molar-refractivity contribution in [2.24, 2.45) is 0 Å². The number of carbonyl (C=O) groups is 2. The molecule has 1 heterocycles. The molecule has 3 rings (SSSR count). The summed E-state index contributed by atoms with van der Waals surface area (Å²) >= 11 is 0. The fourth-order valence-electron chi connectivity index (χ4n) is 2.98. The van der Waals surface area contributed by atoms with Crippen LogP contribution in [0.15, 0.2) is 54.6 Å². The first kappa shape index (κ1) is 18.0. The number of amides is 2. The molecule has 136 valence electrons. The number of hydrogen-bond acceptors (Lipinski definition) is 4. The van der Waals surface area contributed by atoms with E-state index in [1.54, 1.807) is 0 Å². The van der Waals surface area contributed by atoms with Gasteiger partial charge >= 0.3 is 6.09 Å². The second-order valence-corrected chi connectivity index (χ2v) is 6.25. The monoisotopic (exact) mass is 353 g/mol. The van der Waals surface area contributed by atoms with Crippen LogP contribution in [0.2, 0.25) is 0 Å². The molecule has 5 heteroatoms. The number of benzene rings is 2. The van der Waals surface area contributed by atoms with Gasteiger partial charge in [-0.25, -0.2) is 9.69 Å². The number of hydrogen-bond donors (Lipinski definition) is 0. The maximum Gasteiger partial charge on any atom is 0.417 e. The van der Waals surface area contributed by atoms with Gasteiger partial charge in [-0.05, 0) is 18.1 Å². The van der Waals surface area contributed by atoms with Crippen molar-refractivity contribution in [1.29, 1.82) is 0 Å². The number of para-hydroxylation sites is 1. The third kappa shape index (κ3) is 4.04. The fraction of sp³-hybridized carbons (Fsp3) is 0.333. The topological polar surface area (TPSA) is 55.8 Å². The van der Waals surface area contributed by atoms with Gasteiger partial charge in [0.25, 0.3) is 0 Å². The molecule has 0 aromatic heterocycles. The third-order valence-corrected chi connectivity index (χ3v) is 4.40. The first-order chi connectivity index (χ1) is 12.7. The molecule has 1 atom stereocenters. The van der Waals surface area contributed by atoms with E-state index in [9.17, 15) is 9.59 Å². The molecule has 0 N–H and O–H groups in total. The highest BCUT2D eigenvalue weighted by molar-refractivity contribution is 5.95. The van der Waals surface area contributed by atoms with Crippen LogP contribution in [-0.2, 0) is 16.0 Å². The lowest BCUT2D eigenvalue weighted by Crippen LogP contribution is -2.35. The summed E-state index contributed by atoms with van der Waals surface area (Å²) in [6.07, 6.45) is 1.50. The van der Waals surface area contributed by atoms with Gasteiger partial charge in [0.15, 0.2) is 0 Å². The van der Waals surface area contributed by atoms with E-state index in [4.69, 9.17) is 9.47 Å². The van der Waals surface area contributed by atoms with E-state index in [2.05, 4.69) is 6.92 Å². The van der Waals surface area contributed by atoms with Crippen molar-refractivity contribution in [3.05, 3.63) is 65.7 Å². The van der Waals surface area contributed by atoms with Crippen LogP contribution in [0.25, 0.3) is 0 Å². The zero-order valence-electron chi connectivity index (χ0n) is 14.9. The van der Waals surface area contributed by atoms with E-state index in [1.807, 2.05) is 54.6 Å². The van der Waals surface area contributed by atoms with Gasteiger partial charge in [0.2, 0.25) is 5.91 Å². The molecular formula is C21H23NO4. The Morgan fingerprint density at radius 1 is 1.15 bits per heavy atom. The highest BCUT2D eigenvalue weighted by Crippen LogP contribution is 2.29. The number of unbranched alkanes of at least 4 members (excludes halogenated alkanes) is 1. The summed E-state index contributed by atoms with van der Waals surface area (Å²) < 4.78 is 10.9. The van der Waals surface area contributed by atoms with E-state index >= 15 is 0 Å². The zero-order chi connectivity index (χ0) is 18.4. The van der Waals surface area contributed by atoms with Crippen molar-refractivity contribution in [2.45, 2.75) is 32.2 Å². The van der Waals surface area contributed by atoms with E-state index in [1.165, 1.54) is 4.90 Å². The highest BCUT2D eigenvalue weighted by atomic mass is 16.6. The minimum absolute atomic E-state index is 0.0979. The van der Waals surface area contributed by atoms with Gasteiger partial charge in [-0.1, -0.05) is 61.9 Å². The van der Waals surface area contributed by atoms with Gasteiger partial charge in [0.1, 0.15) is 18.4 Å². The third-order valence-electron chi connectivity index (χ3n) is 4.40. The van der Waals surface area contributed by atoms with Crippen LogP contribution in [0.5, 0.6) is 5.75 Å². The van der Waals surface area contributed by atoms with Crippen LogP contribution in [-0.4, -0.2) is 30.1 Å². The lowest BCUT2D eigenvalue weighted by Gasteiger charge is -2.20. The van der Waals surface area contributed by atoms with Gasteiger partial charge in [0, 0.05) is 5.56 Å². The first-order valence-corrected chi connectivity index (χ1v) is 8.95. The lowest BCUT2D eigenvalue weighted by atomic mass is 10.1. The van der Waals surface area contributed by atoms with Crippen LogP contribution in [0.4, 0.5) is 4.79 Å². The smallest absolute Gasteiger partial charge is 0.417 e. The summed E-state index contributed by atoms with van der Waals surface area (Å²) in [5.74, 6) is 0.408. The maximum absolute atomic E-state index is 12.9. The van der Waals surface area contributed by atoms with Crippen molar-refractivity contribution in [3.8, 4) is 5.75 Å². The Morgan fingerprint density at radius 3 is 2.65 bits per heavy atom. The number of ether oxygens (including phenoxy) is 2. The van der Waals surface area contributed by atoms with Gasteiger partial charge in [-0.3, -0.25) is 4.79 Å². The Hall–Kier alpha value is -2.82. The molecule has 0 radical (unpaired) electrons. The summed E-state index contributed by atoms with van der Waals surface area (Å²) in [5, 5.41) is 0. The molecular weight excluding hydrogens is 330 g/mol. The quantitative estimate of drug-likeness (QED) is 0.703. The molecule has 0 unspecified atom stereocenters. The Balaban J connectivity index is 1.75. The minimum atomic E-state index is -0.590. The van der Waals surface area contributed by atoms with Crippen molar-refractivity contribution >= 4 is 12.0 Å². The molecule has 0 bridgehead atoms. The second kappa shape index (κ2) is 8.52. The Kier molecular flexibility index (Phi) is 5.89. The van der Waals surface area contributed by atoms with E-state index in [-0.39, 0.29) is 25.0 Å². The average molecular weight is 353 g/mol. The van der Waals surface area contributed by atoms with Gasteiger partial charge < -0.3 is 9.47 Å². The van der Waals surface area contributed by atoms with E-state index in [0.29, 0.717) is 12.4 Å². The summed E-state index contributed by atoms with van der Waals surface area (Å²) in [5.41, 5.74) is 1.67. The number of cyclic esters (lactones) is 1. The molecule has 1 fully saturated rings. The van der Waals surface area contributed by atoms with Gasteiger partial charge in [-0.2, -0.15) is 0 Å². The molecule has 2 amide bonds. The summed E-state index contributed by atoms with van der Waals surface area (Å²) in [6, 6.07) is 16.5.